The lowest BCUT2D eigenvalue weighted by Crippen LogP contribution is -2.07. The Kier molecular flexibility index (Phi) is 4.02. The Morgan fingerprint density at radius 1 is 1.32 bits per heavy atom. The fraction of sp³-hybridized carbons (Fsp3) is 0.267. The van der Waals surface area contributed by atoms with Gasteiger partial charge in [0.1, 0.15) is 0 Å². The minimum absolute atomic E-state index is 0.00973. The van der Waals surface area contributed by atoms with E-state index < -0.39 is 5.97 Å². The monoisotopic (exact) mass is 258 g/mol. The molecule has 0 aliphatic rings. The quantitative estimate of drug-likeness (QED) is 0.863. The van der Waals surface area contributed by atoms with Gasteiger partial charge in [-0.25, -0.2) is 0 Å². The molecule has 19 heavy (non-hydrogen) atoms. The van der Waals surface area contributed by atoms with Gasteiger partial charge in [-0.3, -0.25) is 4.79 Å². The minimum Gasteiger partial charge on any atom is -0.481 e. The van der Waals surface area contributed by atoms with E-state index in [0.29, 0.717) is 6.54 Å². The largest absolute Gasteiger partial charge is 0.481 e. The van der Waals surface area contributed by atoms with Gasteiger partial charge in [0, 0.05) is 25.0 Å². The summed E-state index contributed by atoms with van der Waals surface area (Å²) in [6.07, 6.45) is 4.02. The fourth-order valence-corrected chi connectivity index (χ4v) is 2.07. The number of aliphatic carboxylic acids is 1. The summed E-state index contributed by atoms with van der Waals surface area (Å²) in [5, 5.41) is 8.91. The molecule has 0 bridgehead atoms. The zero-order valence-electron chi connectivity index (χ0n) is 10.9. The number of nitrogens with two attached hydrogens (primary N) is 1. The molecular weight excluding hydrogens is 240 g/mol. The van der Waals surface area contributed by atoms with Crippen LogP contribution in [0.15, 0.2) is 42.7 Å². The molecule has 2 rings (SSSR count). The Bertz CT molecular complexity index is 573. The number of rotatable bonds is 5. The fourth-order valence-electron chi connectivity index (χ4n) is 2.07. The number of carboxylic acid groups (broad SMARTS) is 1. The summed E-state index contributed by atoms with van der Waals surface area (Å²) in [5.74, 6) is -0.809. The number of benzene rings is 1. The first-order chi connectivity index (χ1) is 9.06. The number of carboxylic acids is 1. The lowest BCUT2D eigenvalue weighted by atomic mass is 10.0. The maximum absolute atomic E-state index is 10.8. The van der Waals surface area contributed by atoms with E-state index in [2.05, 4.69) is 0 Å². The molecule has 0 saturated heterocycles. The van der Waals surface area contributed by atoms with Crippen LogP contribution in [0.4, 0.5) is 0 Å². The summed E-state index contributed by atoms with van der Waals surface area (Å²) in [6.45, 7) is 2.61. The Morgan fingerprint density at radius 2 is 2.00 bits per heavy atom. The smallest absolute Gasteiger partial charge is 0.307 e. The molecule has 0 saturated carbocycles. The van der Waals surface area contributed by atoms with E-state index in [4.69, 9.17) is 10.8 Å². The van der Waals surface area contributed by atoms with Crippen LogP contribution in [0, 0.1) is 0 Å². The van der Waals surface area contributed by atoms with Crippen molar-refractivity contribution in [3.05, 3.63) is 59.4 Å². The standard InChI is InChI=1S/C15H18N2O2/c1-11(16)13-6-7-17(9-13)10-14-5-3-2-4-12(14)8-15(18)19/h2-7,9,11H,8,10,16H2,1H3,(H,18,19). The summed E-state index contributed by atoms with van der Waals surface area (Å²) in [4.78, 5) is 10.8. The number of nitrogens with zero attached hydrogens (tertiary/aromatic N) is 1. The molecule has 0 aliphatic heterocycles. The van der Waals surface area contributed by atoms with Gasteiger partial charge in [0.15, 0.2) is 0 Å². The van der Waals surface area contributed by atoms with Crippen LogP contribution in [0.2, 0.25) is 0 Å². The van der Waals surface area contributed by atoms with Gasteiger partial charge < -0.3 is 15.4 Å². The first-order valence-electron chi connectivity index (χ1n) is 6.26. The first kappa shape index (κ1) is 13.4. The van der Waals surface area contributed by atoms with Gasteiger partial charge in [0.25, 0.3) is 0 Å². The van der Waals surface area contributed by atoms with Crippen LogP contribution in [-0.2, 0) is 17.8 Å². The van der Waals surface area contributed by atoms with Crippen LogP contribution in [0.3, 0.4) is 0 Å². The van der Waals surface area contributed by atoms with Crippen molar-refractivity contribution in [1.82, 2.24) is 4.57 Å². The summed E-state index contributed by atoms with van der Waals surface area (Å²) in [5.41, 5.74) is 8.78. The molecule has 1 aromatic carbocycles. The molecule has 0 fully saturated rings. The lowest BCUT2D eigenvalue weighted by Gasteiger charge is -2.09. The van der Waals surface area contributed by atoms with Crippen LogP contribution in [-0.4, -0.2) is 15.6 Å². The van der Waals surface area contributed by atoms with Gasteiger partial charge in [0.2, 0.25) is 0 Å². The molecule has 4 nitrogen and oxygen atoms in total. The van der Waals surface area contributed by atoms with E-state index in [-0.39, 0.29) is 12.5 Å². The molecular formula is C15H18N2O2. The highest BCUT2D eigenvalue weighted by Gasteiger charge is 2.07. The Hall–Kier alpha value is -2.07. The van der Waals surface area contributed by atoms with Gasteiger partial charge >= 0.3 is 5.97 Å². The van der Waals surface area contributed by atoms with E-state index in [9.17, 15) is 4.79 Å². The molecule has 0 spiro atoms. The zero-order chi connectivity index (χ0) is 13.8. The molecule has 0 radical (unpaired) electrons. The number of aromatic nitrogens is 1. The normalized spacial score (nSPS) is 12.3. The van der Waals surface area contributed by atoms with Crippen molar-refractivity contribution >= 4 is 5.97 Å². The van der Waals surface area contributed by atoms with Crippen LogP contribution in [0.1, 0.15) is 29.7 Å². The third kappa shape index (κ3) is 3.45. The summed E-state index contributed by atoms with van der Waals surface area (Å²) >= 11 is 0. The van der Waals surface area contributed by atoms with E-state index in [0.717, 1.165) is 16.7 Å². The van der Waals surface area contributed by atoms with Crippen molar-refractivity contribution in [3.63, 3.8) is 0 Å². The highest BCUT2D eigenvalue weighted by Crippen LogP contribution is 2.15. The van der Waals surface area contributed by atoms with Gasteiger partial charge in [-0.05, 0) is 29.7 Å². The maximum Gasteiger partial charge on any atom is 0.307 e. The lowest BCUT2D eigenvalue weighted by molar-refractivity contribution is -0.136. The van der Waals surface area contributed by atoms with Crippen LogP contribution in [0.25, 0.3) is 0 Å². The summed E-state index contributed by atoms with van der Waals surface area (Å²) in [7, 11) is 0. The second-order valence-corrected chi connectivity index (χ2v) is 4.75. The average Bonchev–Trinajstić information content (AvgIpc) is 2.80. The Morgan fingerprint density at radius 3 is 2.58 bits per heavy atom. The molecule has 1 heterocycles. The SMILES string of the molecule is CC(N)c1ccn(Cc2ccccc2CC(=O)O)c1. The summed E-state index contributed by atoms with van der Waals surface area (Å²) < 4.78 is 2.03. The second kappa shape index (κ2) is 5.71. The van der Waals surface area contributed by atoms with Gasteiger partial charge in [-0.2, -0.15) is 0 Å². The molecule has 2 aromatic rings. The molecule has 1 atom stereocenters. The highest BCUT2D eigenvalue weighted by molar-refractivity contribution is 5.70. The molecule has 3 N–H and O–H groups in total. The van der Waals surface area contributed by atoms with Crippen molar-refractivity contribution in [1.29, 1.82) is 0 Å². The predicted octanol–water partition coefficient (Wildman–Crippen LogP) is 2.18. The Balaban J connectivity index is 2.20. The number of hydrogen-bond donors (Lipinski definition) is 2. The van der Waals surface area contributed by atoms with Gasteiger partial charge in [-0.15, -0.1) is 0 Å². The van der Waals surface area contributed by atoms with Crippen LogP contribution < -0.4 is 5.73 Å². The zero-order valence-corrected chi connectivity index (χ0v) is 10.9. The number of hydrogen-bond acceptors (Lipinski definition) is 2. The van der Waals surface area contributed by atoms with Crippen molar-refractivity contribution < 1.29 is 9.90 Å². The van der Waals surface area contributed by atoms with Crippen LogP contribution >= 0.6 is 0 Å². The molecule has 1 aromatic heterocycles. The van der Waals surface area contributed by atoms with E-state index in [1.807, 2.05) is 54.2 Å². The van der Waals surface area contributed by atoms with Crippen molar-refractivity contribution in [2.75, 3.05) is 0 Å². The highest BCUT2D eigenvalue weighted by atomic mass is 16.4. The van der Waals surface area contributed by atoms with E-state index >= 15 is 0 Å². The Labute approximate surface area is 112 Å². The van der Waals surface area contributed by atoms with Crippen molar-refractivity contribution in [2.24, 2.45) is 5.73 Å². The maximum atomic E-state index is 10.8. The predicted molar refractivity (Wildman–Crippen MR) is 73.9 cm³/mol. The summed E-state index contributed by atoms with van der Waals surface area (Å²) in [6, 6.07) is 9.62. The molecule has 100 valence electrons. The third-order valence-corrected chi connectivity index (χ3v) is 3.11. The van der Waals surface area contributed by atoms with E-state index in [1.165, 1.54) is 0 Å². The van der Waals surface area contributed by atoms with Gasteiger partial charge in [-0.1, -0.05) is 24.3 Å². The second-order valence-electron chi connectivity index (χ2n) is 4.75. The average molecular weight is 258 g/mol. The third-order valence-electron chi connectivity index (χ3n) is 3.11. The molecule has 1 unspecified atom stereocenters. The number of carbonyl (C=O) groups is 1. The molecule has 0 amide bonds. The van der Waals surface area contributed by atoms with Crippen molar-refractivity contribution in [2.45, 2.75) is 25.9 Å². The van der Waals surface area contributed by atoms with Crippen molar-refractivity contribution in [3.8, 4) is 0 Å². The minimum atomic E-state index is -0.809. The molecule has 4 heteroatoms. The molecule has 0 aliphatic carbocycles. The van der Waals surface area contributed by atoms with Crippen LogP contribution in [0.5, 0.6) is 0 Å². The topological polar surface area (TPSA) is 68.2 Å². The van der Waals surface area contributed by atoms with Gasteiger partial charge in [0.05, 0.1) is 6.42 Å². The first-order valence-corrected chi connectivity index (χ1v) is 6.26. The van der Waals surface area contributed by atoms with E-state index in [1.54, 1.807) is 0 Å².